The van der Waals surface area contributed by atoms with Crippen LogP contribution in [0.25, 0.3) is 0 Å². The Morgan fingerprint density at radius 2 is 1.55 bits per heavy atom. The SMILES string of the molecule is Nc1cccc(NC(=O)Nc2cccc(C(=O)O)c2)c1. The molecule has 102 valence electrons. The van der Waals surface area contributed by atoms with E-state index < -0.39 is 12.0 Å². The summed E-state index contributed by atoms with van der Waals surface area (Å²) in [6, 6.07) is 12.3. The Kier molecular flexibility index (Phi) is 3.85. The monoisotopic (exact) mass is 271 g/mol. The molecular weight excluding hydrogens is 258 g/mol. The molecular formula is C14H13N3O3. The first-order valence-corrected chi connectivity index (χ1v) is 5.81. The van der Waals surface area contributed by atoms with Crippen molar-refractivity contribution >= 4 is 29.1 Å². The van der Waals surface area contributed by atoms with E-state index in [0.29, 0.717) is 17.1 Å². The first kappa shape index (κ1) is 13.4. The highest BCUT2D eigenvalue weighted by Crippen LogP contribution is 2.14. The highest BCUT2D eigenvalue weighted by atomic mass is 16.4. The van der Waals surface area contributed by atoms with Crippen LogP contribution in [0, 0.1) is 0 Å². The Hall–Kier alpha value is -3.02. The van der Waals surface area contributed by atoms with Crippen molar-refractivity contribution in [2.75, 3.05) is 16.4 Å². The van der Waals surface area contributed by atoms with Crippen molar-refractivity contribution in [2.24, 2.45) is 0 Å². The fourth-order valence-corrected chi connectivity index (χ4v) is 1.64. The van der Waals surface area contributed by atoms with Crippen LogP contribution in [-0.4, -0.2) is 17.1 Å². The zero-order chi connectivity index (χ0) is 14.5. The van der Waals surface area contributed by atoms with Crippen molar-refractivity contribution in [1.82, 2.24) is 0 Å². The molecule has 0 aliphatic carbocycles. The predicted octanol–water partition coefficient (Wildman–Crippen LogP) is 2.61. The number of carbonyl (C=O) groups excluding carboxylic acids is 1. The first-order valence-electron chi connectivity index (χ1n) is 5.81. The topological polar surface area (TPSA) is 104 Å². The summed E-state index contributed by atoms with van der Waals surface area (Å²) in [5.74, 6) is -1.05. The number of nitrogen functional groups attached to an aromatic ring is 1. The second-order valence-electron chi connectivity index (χ2n) is 4.09. The van der Waals surface area contributed by atoms with Gasteiger partial charge in [0.05, 0.1) is 5.56 Å². The number of carboxylic acid groups (broad SMARTS) is 1. The molecule has 0 bridgehead atoms. The number of urea groups is 1. The second kappa shape index (κ2) is 5.75. The van der Waals surface area contributed by atoms with Crippen molar-refractivity contribution in [3.63, 3.8) is 0 Å². The van der Waals surface area contributed by atoms with E-state index in [4.69, 9.17) is 10.8 Å². The molecule has 20 heavy (non-hydrogen) atoms. The van der Waals surface area contributed by atoms with Crippen LogP contribution in [0.1, 0.15) is 10.4 Å². The normalized spacial score (nSPS) is 9.80. The van der Waals surface area contributed by atoms with Crippen LogP contribution in [0.5, 0.6) is 0 Å². The quantitative estimate of drug-likeness (QED) is 0.644. The molecule has 6 nitrogen and oxygen atoms in total. The molecule has 0 saturated heterocycles. The average molecular weight is 271 g/mol. The zero-order valence-electron chi connectivity index (χ0n) is 10.5. The van der Waals surface area contributed by atoms with Crippen LogP contribution in [-0.2, 0) is 0 Å². The lowest BCUT2D eigenvalue weighted by Crippen LogP contribution is -2.19. The van der Waals surface area contributed by atoms with Crippen LogP contribution in [0.3, 0.4) is 0 Å². The van der Waals surface area contributed by atoms with E-state index in [9.17, 15) is 9.59 Å². The van der Waals surface area contributed by atoms with E-state index in [-0.39, 0.29) is 5.56 Å². The summed E-state index contributed by atoms with van der Waals surface area (Å²) < 4.78 is 0. The minimum atomic E-state index is -1.05. The van der Waals surface area contributed by atoms with Gasteiger partial charge in [-0.05, 0) is 36.4 Å². The van der Waals surface area contributed by atoms with Gasteiger partial charge in [0.1, 0.15) is 0 Å². The van der Waals surface area contributed by atoms with Gasteiger partial charge in [0.15, 0.2) is 0 Å². The van der Waals surface area contributed by atoms with Gasteiger partial charge in [-0.25, -0.2) is 9.59 Å². The minimum absolute atomic E-state index is 0.103. The third kappa shape index (κ3) is 3.49. The maximum absolute atomic E-state index is 11.8. The fourth-order valence-electron chi connectivity index (χ4n) is 1.64. The van der Waals surface area contributed by atoms with E-state index in [1.54, 1.807) is 36.4 Å². The number of hydrogen-bond donors (Lipinski definition) is 4. The third-order valence-corrected chi connectivity index (χ3v) is 2.51. The van der Waals surface area contributed by atoms with Gasteiger partial charge in [0.2, 0.25) is 0 Å². The molecule has 0 heterocycles. The van der Waals surface area contributed by atoms with Gasteiger partial charge in [0.25, 0.3) is 0 Å². The first-order chi connectivity index (χ1) is 9.54. The number of amides is 2. The van der Waals surface area contributed by atoms with Crippen molar-refractivity contribution in [3.8, 4) is 0 Å². The van der Waals surface area contributed by atoms with Crippen LogP contribution >= 0.6 is 0 Å². The lowest BCUT2D eigenvalue weighted by molar-refractivity contribution is 0.0697. The second-order valence-corrected chi connectivity index (χ2v) is 4.09. The third-order valence-electron chi connectivity index (χ3n) is 2.51. The Labute approximate surface area is 115 Å². The Balaban J connectivity index is 2.04. The Bertz CT molecular complexity index is 656. The van der Waals surface area contributed by atoms with E-state index in [2.05, 4.69) is 10.6 Å². The van der Waals surface area contributed by atoms with E-state index in [0.717, 1.165) is 0 Å². The molecule has 0 aliphatic rings. The summed E-state index contributed by atoms with van der Waals surface area (Å²) in [6.07, 6.45) is 0. The summed E-state index contributed by atoms with van der Waals surface area (Å²) in [5, 5.41) is 14.0. The summed E-state index contributed by atoms with van der Waals surface area (Å²) in [4.78, 5) is 22.6. The van der Waals surface area contributed by atoms with Crippen LogP contribution in [0.2, 0.25) is 0 Å². The molecule has 2 aromatic carbocycles. The summed E-state index contributed by atoms with van der Waals surface area (Å²) in [7, 11) is 0. The molecule has 0 atom stereocenters. The molecule has 0 aromatic heterocycles. The average Bonchev–Trinajstić information content (AvgIpc) is 2.38. The number of anilines is 3. The molecule has 0 aliphatic heterocycles. The highest BCUT2D eigenvalue weighted by Gasteiger charge is 2.06. The van der Waals surface area contributed by atoms with Gasteiger partial charge in [-0.15, -0.1) is 0 Å². The molecule has 2 rings (SSSR count). The maximum Gasteiger partial charge on any atom is 0.335 e. The van der Waals surface area contributed by atoms with Gasteiger partial charge < -0.3 is 21.5 Å². The van der Waals surface area contributed by atoms with Gasteiger partial charge in [-0.1, -0.05) is 12.1 Å². The molecule has 0 radical (unpaired) electrons. The number of nitrogens with one attached hydrogen (secondary N) is 2. The van der Waals surface area contributed by atoms with E-state index in [1.165, 1.54) is 12.1 Å². The predicted molar refractivity (Wildman–Crippen MR) is 76.9 cm³/mol. The summed E-state index contributed by atoms with van der Waals surface area (Å²) >= 11 is 0. The van der Waals surface area contributed by atoms with Crippen molar-refractivity contribution in [2.45, 2.75) is 0 Å². The number of nitrogens with two attached hydrogens (primary N) is 1. The number of carbonyl (C=O) groups is 2. The van der Waals surface area contributed by atoms with Gasteiger partial charge in [-0.2, -0.15) is 0 Å². The smallest absolute Gasteiger partial charge is 0.335 e. The number of aromatic carboxylic acids is 1. The zero-order valence-corrected chi connectivity index (χ0v) is 10.5. The standard InChI is InChI=1S/C14H13N3O3/c15-10-4-2-6-12(8-10)17-14(20)16-11-5-1-3-9(7-11)13(18)19/h1-8H,15H2,(H,18,19)(H2,16,17,20). The molecule has 0 unspecified atom stereocenters. The Morgan fingerprint density at radius 1 is 0.950 bits per heavy atom. The lowest BCUT2D eigenvalue weighted by atomic mass is 10.2. The molecule has 0 fully saturated rings. The summed E-state index contributed by atoms with van der Waals surface area (Å²) in [5.41, 5.74) is 7.19. The number of hydrogen-bond acceptors (Lipinski definition) is 3. The molecule has 2 amide bonds. The lowest BCUT2D eigenvalue weighted by Gasteiger charge is -2.08. The molecule has 6 heteroatoms. The molecule has 2 aromatic rings. The van der Waals surface area contributed by atoms with Crippen molar-refractivity contribution in [3.05, 3.63) is 54.1 Å². The van der Waals surface area contributed by atoms with Gasteiger partial charge in [-0.3, -0.25) is 0 Å². The number of benzene rings is 2. The Morgan fingerprint density at radius 3 is 2.15 bits per heavy atom. The number of carboxylic acids is 1. The van der Waals surface area contributed by atoms with Crippen molar-refractivity contribution < 1.29 is 14.7 Å². The largest absolute Gasteiger partial charge is 0.478 e. The van der Waals surface area contributed by atoms with E-state index in [1.807, 2.05) is 0 Å². The minimum Gasteiger partial charge on any atom is -0.478 e. The van der Waals surface area contributed by atoms with Gasteiger partial charge in [0, 0.05) is 17.1 Å². The molecule has 0 spiro atoms. The summed E-state index contributed by atoms with van der Waals surface area (Å²) in [6.45, 7) is 0. The van der Waals surface area contributed by atoms with E-state index >= 15 is 0 Å². The van der Waals surface area contributed by atoms with Crippen molar-refractivity contribution in [1.29, 1.82) is 0 Å². The number of rotatable bonds is 3. The molecule has 5 N–H and O–H groups in total. The van der Waals surface area contributed by atoms with Gasteiger partial charge >= 0.3 is 12.0 Å². The van der Waals surface area contributed by atoms with Crippen LogP contribution < -0.4 is 16.4 Å². The maximum atomic E-state index is 11.8. The molecule has 0 saturated carbocycles. The highest BCUT2D eigenvalue weighted by molar-refractivity contribution is 6.00. The van der Waals surface area contributed by atoms with Crippen LogP contribution in [0.15, 0.2) is 48.5 Å². The fraction of sp³-hybridized carbons (Fsp3) is 0. The van der Waals surface area contributed by atoms with Crippen LogP contribution in [0.4, 0.5) is 21.9 Å².